The van der Waals surface area contributed by atoms with Gasteiger partial charge in [0.15, 0.2) is 0 Å². The highest BCUT2D eigenvalue weighted by Gasteiger charge is 2.35. The van der Waals surface area contributed by atoms with Gasteiger partial charge in [0.1, 0.15) is 5.75 Å². The zero-order chi connectivity index (χ0) is 20.3. The number of carbonyl (C=O) groups excluding carboxylic acids is 2. The standard InChI is InChI=1S/C20H14I2N2O3S/c1-2-27-18-15(21)7-12(8-16(18)22)9-17-19(25)24(20(26)28-17)11-14-6-4-3-5-13(14)10-23/h3-9H,2,11H2,1H3/b17-9+. The van der Waals surface area contributed by atoms with Gasteiger partial charge < -0.3 is 4.74 Å². The smallest absolute Gasteiger partial charge is 0.293 e. The molecule has 1 aliphatic heterocycles. The molecular formula is C20H14I2N2O3S. The number of hydrogen-bond acceptors (Lipinski definition) is 5. The molecule has 3 rings (SSSR count). The number of ether oxygens (including phenoxy) is 1. The Hall–Kier alpha value is -1.58. The van der Waals surface area contributed by atoms with E-state index < -0.39 is 0 Å². The van der Waals surface area contributed by atoms with Gasteiger partial charge in [-0.1, -0.05) is 18.2 Å². The number of thioether (sulfide) groups is 1. The Bertz CT molecular complexity index is 1010. The molecule has 0 unspecified atom stereocenters. The van der Waals surface area contributed by atoms with Gasteiger partial charge in [0.25, 0.3) is 11.1 Å². The lowest BCUT2D eigenvalue weighted by Gasteiger charge is -2.13. The van der Waals surface area contributed by atoms with E-state index in [1.165, 1.54) is 4.90 Å². The number of halogens is 2. The third-order valence-corrected chi connectivity index (χ3v) is 6.46. The van der Waals surface area contributed by atoms with Gasteiger partial charge in [-0.25, -0.2) is 0 Å². The molecule has 2 aromatic carbocycles. The van der Waals surface area contributed by atoms with E-state index in [1.807, 2.05) is 19.1 Å². The summed E-state index contributed by atoms with van der Waals surface area (Å²) < 4.78 is 7.53. The van der Waals surface area contributed by atoms with Crippen LogP contribution in [-0.2, 0) is 11.3 Å². The highest BCUT2D eigenvalue weighted by molar-refractivity contribution is 14.1. The maximum Gasteiger partial charge on any atom is 0.293 e. The minimum absolute atomic E-state index is 0.0874. The fraction of sp³-hybridized carbons (Fsp3) is 0.150. The van der Waals surface area contributed by atoms with Gasteiger partial charge in [0.2, 0.25) is 0 Å². The minimum Gasteiger partial charge on any atom is -0.492 e. The maximum absolute atomic E-state index is 12.8. The quantitative estimate of drug-likeness (QED) is 0.333. The molecule has 1 heterocycles. The van der Waals surface area contributed by atoms with Crippen LogP contribution in [0.4, 0.5) is 4.79 Å². The summed E-state index contributed by atoms with van der Waals surface area (Å²) in [5.41, 5.74) is 1.94. The zero-order valence-corrected chi connectivity index (χ0v) is 19.9. The van der Waals surface area contributed by atoms with Crippen LogP contribution in [0.1, 0.15) is 23.6 Å². The second kappa shape index (κ2) is 9.28. The molecule has 142 valence electrons. The first-order valence-corrected chi connectivity index (χ1v) is 11.3. The van der Waals surface area contributed by atoms with Crippen molar-refractivity contribution in [1.29, 1.82) is 5.26 Å². The summed E-state index contributed by atoms with van der Waals surface area (Å²) in [6.07, 6.45) is 1.72. The first-order valence-electron chi connectivity index (χ1n) is 8.29. The van der Waals surface area contributed by atoms with Crippen molar-refractivity contribution in [3.05, 3.63) is 65.1 Å². The van der Waals surface area contributed by atoms with Crippen LogP contribution in [0.3, 0.4) is 0 Å². The number of rotatable bonds is 5. The summed E-state index contributed by atoms with van der Waals surface area (Å²) >= 11 is 5.31. The van der Waals surface area contributed by atoms with Crippen molar-refractivity contribution < 1.29 is 14.3 Å². The summed E-state index contributed by atoms with van der Waals surface area (Å²) in [6.45, 7) is 2.60. The molecule has 0 atom stereocenters. The predicted molar refractivity (Wildman–Crippen MR) is 126 cm³/mol. The summed E-state index contributed by atoms with van der Waals surface area (Å²) in [4.78, 5) is 26.7. The molecule has 2 amide bonds. The summed E-state index contributed by atoms with van der Waals surface area (Å²) in [6, 6.07) is 12.9. The van der Waals surface area contributed by atoms with Crippen molar-refractivity contribution >= 4 is 74.2 Å². The average molecular weight is 616 g/mol. The lowest BCUT2D eigenvalue weighted by Crippen LogP contribution is -2.27. The lowest BCUT2D eigenvalue weighted by molar-refractivity contribution is -0.123. The number of nitriles is 1. The molecule has 0 aromatic heterocycles. The first-order chi connectivity index (χ1) is 13.4. The number of carbonyl (C=O) groups is 2. The summed E-state index contributed by atoms with van der Waals surface area (Å²) in [5.74, 6) is 0.476. The molecule has 0 radical (unpaired) electrons. The average Bonchev–Trinajstić information content (AvgIpc) is 2.92. The topological polar surface area (TPSA) is 70.4 Å². The van der Waals surface area contributed by atoms with Crippen LogP contribution >= 0.6 is 56.9 Å². The molecule has 0 spiro atoms. The van der Waals surface area contributed by atoms with Crippen LogP contribution in [0.25, 0.3) is 6.08 Å². The summed E-state index contributed by atoms with van der Waals surface area (Å²) in [7, 11) is 0. The van der Waals surface area contributed by atoms with Crippen molar-refractivity contribution in [3.63, 3.8) is 0 Å². The highest BCUT2D eigenvalue weighted by Crippen LogP contribution is 2.35. The van der Waals surface area contributed by atoms with Gasteiger partial charge in [-0.05, 0) is 99.3 Å². The van der Waals surface area contributed by atoms with E-state index in [0.29, 0.717) is 22.6 Å². The molecule has 1 aliphatic rings. The van der Waals surface area contributed by atoms with E-state index in [9.17, 15) is 14.9 Å². The Labute approximate surface area is 194 Å². The van der Waals surface area contributed by atoms with E-state index in [1.54, 1.807) is 30.3 Å². The lowest BCUT2D eigenvalue weighted by atomic mass is 10.1. The van der Waals surface area contributed by atoms with Gasteiger partial charge >= 0.3 is 0 Å². The van der Waals surface area contributed by atoms with Gasteiger partial charge in [-0.15, -0.1) is 0 Å². The Morgan fingerprint density at radius 1 is 1.21 bits per heavy atom. The molecular weight excluding hydrogens is 602 g/mol. The Morgan fingerprint density at radius 2 is 1.89 bits per heavy atom. The fourth-order valence-electron chi connectivity index (χ4n) is 2.67. The van der Waals surface area contributed by atoms with E-state index in [2.05, 4.69) is 51.3 Å². The molecule has 8 heteroatoms. The van der Waals surface area contributed by atoms with Crippen molar-refractivity contribution in [1.82, 2.24) is 4.90 Å². The third-order valence-electron chi connectivity index (χ3n) is 3.95. The predicted octanol–water partition coefficient (Wildman–Crippen LogP) is 5.40. The third kappa shape index (κ3) is 4.52. The van der Waals surface area contributed by atoms with Crippen LogP contribution in [0.2, 0.25) is 0 Å². The molecule has 2 aromatic rings. The molecule has 0 N–H and O–H groups in total. The molecule has 28 heavy (non-hydrogen) atoms. The van der Waals surface area contributed by atoms with Crippen LogP contribution < -0.4 is 4.74 Å². The van der Waals surface area contributed by atoms with Gasteiger partial charge in [0, 0.05) is 0 Å². The van der Waals surface area contributed by atoms with Crippen LogP contribution in [0.5, 0.6) is 5.75 Å². The summed E-state index contributed by atoms with van der Waals surface area (Å²) in [5, 5.41) is 8.88. The zero-order valence-electron chi connectivity index (χ0n) is 14.7. The number of imide groups is 1. The maximum atomic E-state index is 12.8. The largest absolute Gasteiger partial charge is 0.492 e. The van der Waals surface area contributed by atoms with Crippen LogP contribution in [0.15, 0.2) is 41.3 Å². The van der Waals surface area contributed by atoms with Gasteiger partial charge in [-0.3, -0.25) is 14.5 Å². The van der Waals surface area contributed by atoms with Crippen molar-refractivity contribution in [2.75, 3.05) is 6.61 Å². The monoisotopic (exact) mass is 616 g/mol. The molecule has 0 bridgehead atoms. The van der Waals surface area contributed by atoms with E-state index >= 15 is 0 Å². The second-order valence-corrected chi connectivity index (χ2v) is 9.10. The van der Waals surface area contributed by atoms with Crippen molar-refractivity contribution in [2.24, 2.45) is 0 Å². The number of nitrogens with zero attached hydrogens (tertiary/aromatic N) is 2. The minimum atomic E-state index is -0.346. The normalized spacial score (nSPS) is 15.2. The van der Waals surface area contributed by atoms with Gasteiger partial charge in [-0.2, -0.15) is 5.26 Å². The highest BCUT2D eigenvalue weighted by atomic mass is 127. The molecule has 1 fully saturated rings. The molecule has 0 saturated carbocycles. The fourth-order valence-corrected chi connectivity index (χ4v) is 5.64. The Balaban J connectivity index is 1.86. The van der Waals surface area contributed by atoms with Crippen LogP contribution in [0, 0.1) is 18.5 Å². The Morgan fingerprint density at radius 3 is 2.54 bits per heavy atom. The first kappa shape index (κ1) is 21.1. The Kier molecular flexibility index (Phi) is 7.00. The molecule has 1 saturated heterocycles. The number of amides is 2. The van der Waals surface area contributed by atoms with E-state index in [-0.39, 0.29) is 17.7 Å². The van der Waals surface area contributed by atoms with Crippen molar-refractivity contribution in [3.8, 4) is 11.8 Å². The second-order valence-electron chi connectivity index (χ2n) is 5.78. The number of benzene rings is 2. The SMILES string of the molecule is CCOc1c(I)cc(/C=C2/SC(=O)N(Cc3ccccc3C#N)C2=O)cc1I. The van der Waals surface area contributed by atoms with E-state index in [4.69, 9.17) is 4.74 Å². The van der Waals surface area contributed by atoms with Crippen molar-refractivity contribution in [2.45, 2.75) is 13.5 Å². The number of hydrogen-bond donors (Lipinski definition) is 0. The van der Waals surface area contributed by atoms with Crippen LogP contribution in [-0.4, -0.2) is 22.7 Å². The molecule has 5 nitrogen and oxygen atoms in total. The van der Waals surface area contributed by atoms with E-state index in [0.717, 1.165) is 30.2 Å². The molecule has 0 aliphatic carbocycles. The van der Waals surface area contributed by atoms with Gasteiger partial charge in [0.05, 0.1) is 36.8 Å².